The SMILES string of the molecule is O=C(O)N1CCN(c2nc(-c3ccnc(Cl)c3)nc3cncc(C4CC4)c23)CC1. The van der Waals surface area contributed by atoms with Crippen molar-refractivity contribution >= 4 is 34.4 Å². The maximum absolute atomic E-state index is 11.3. The Labute approximate surface area is 172 Å². The number of piperazine rings is 1. The van der Waals surface area contributed by atoms with E-state index in [1.54, 1.807) is 18.5 Å². The van der Waals surface area contributed by atoms with Crippen molar-refractivity contribution in [1.29, 1.82) is 0 Å². The van der Waals surface area contributed by atoms with Gasteiger partial charge in [-0.15, -0.1) is 0 Å². The Balaban J connectivity index is 1.64. The fraction of sp³-hybridized carbons (Fsp3) is 0.350. The van der Waals surface area contributed by atoms with E-state index in [4.69, 9.17) is 21.6 Å². The topological polar surface area (TPSA) is 95.3 Å². The summed E-state index contributed by atoms with van der Waals surface area (Å²) in [6, 6.07) is 3.57. The first-order valence-corrected chi connectivity index (χ1v) is 9.98. The summed E-state index contributed by atoms with van der Waals surface area (Å²) in [5.41, 5.74) is 2.76. The zero-order valence-electron chi connectivity index (χ0n) is 15.6. The quantitative estimate of drug-likeness (QED) is 0.661. The average Bonchev–Trinajstić information content (AvgIpc) is 3.58. The summed E-state index contributed by atoms with van der Waals surface area (Å²) < 4.78 is 0. The molecule has 29 heavy (non-hydrogen) atoms. The third-order valence-corrected chi connectivity index (χ3v) is 5.68. The smallest absolute Gasteiger partial charge is 0.407 e. The van der Waals surface area contributed by atoms with Crippen LogP contribution in [-0.4, -0.2) is 62.2 Å². The van der Waals surface area contributed by atoms with E-state index in [1.807, 2.05) is 12.3 Å². The Bertz CT molecular complexity index is 1100. The highest BCUT2D eigenvalue weighted by atomic mass is 35.5. The fourth-order valence-electron chi connectivity index (χ4n) is 3.80. The maximum Gasteiger partial charge on any atom is 0.407 e. The van der Waals surface area contributed by atoms with Gasteiger partial charge in [0.2, 0.25) is 0 Å². The zero-order valence-corrected chi connectivity index (χ0v) is 16.4. The van der Waals surface area contributed by atoms with Gasteiger partial charge in [-0.2, -0.15) is 0 Å². The molecule has 0 radical (unpaired) electrons. The molecule has 1 aliphatic carbocycles. The molecule has 3 aromatic heterocycles. The van der Waals surface area contributed by atoms with Crippen molar-refractivity contribution in [3.63, 3.8) is 0 Å². The van der Waals surface area contributed by atoms with E-state index < -0.39 is 6.09 Å². The van der Waals surface area contributed by atoms with Crippen molar-refractivity contribution in [2.24, 2.45) is 0 Å². The Morgan fingerprint density at radius 1 is 1.14 bits per heavy atom. The number of pyridine rings is 2. The fourth-order valence-corrected chi connectivity index (χ4v) is 3.98. The van der Waals surface area contributed by atoms with Gasteiger partial charge in [0.25, 0.3) is 0 Å². The number of anilines is 1. The number of carboxylic acid groups (broad SMARTS) is 1. The second-order valence-electron chi connectivity index (χ2n) is 7.39. The van der Waals surface area contributed by atoms with Gasteiger partial charge in [0.1, 0.15) is 11.0 Å². The number of nitrogens with zero attached hydrogens (tertiary/aromatic N) is 6. The first kappa shape index (κ1) is 18.1. The molecule has 8 nitrogen and oxygen atoms in total. The molecular weight excluding hydrogens is 392 g/mol. The highest BCUT2D eigenvalue weighted by Crippen LogP contribution is 2.44. The number of rotatable bonds is 3. The van der Waals surface area contributed by atoms with Gasteiger partial charge < -0.3 is 14.9 Å². The van der Waals surface area contributed by atoms with E-state index in [2.05, 4.69) is 14.9 Å². The van der Waals surface area contributed by atoms with E-state index in [9.17, 15) is 9.90 Å². The van der Waals surface area contributed by atoms with Gasteiger partial charge in [-0.05, 0) is 36.5 Å². The molecule has 0 bridgehead atoms. The molecule has 0 spiro atoms. The van der Waals surface area contributed by atoms with Crippen molar-refractivity contribution in [3.05, 3.63) is 41.4 Å². The number of fused-ring (bicyclic) bond motifs is 1. The summed E-state index contributed by atoms with van der Waals surface area (Å²) in [4.78, 5) is 33.0. The Hall–Kier alpha value is -3.00. The van der Waals surface area contributed by atoms with Gasteiger partial charge in [0, 0.05) is 49.5 Å². The summed E-state index contributed by atoms with van der Waals surface area (Å²) in [6.07, 6.45) is 6.74. The van der Waals surface area contributed by atoms with Crippen LogP contribution in [0.4, 0.5) is 10.6 Å². The van der Waals surface area contributed by atoms with Crippen LogP contribution in [0.2, 0.25) is 5.15 Å². The minimum absolute atomic E-state index is 0.382. The lowest BCUT2D eigenvalue weighted by Crippen LogP contribution is -2.48. The van der Waals surface area contributed by atoms with Crippen molar-refractivity contribution in [1.82, 2.24) is 24.8 Å². The van der Waals surface area contributed by atoms with Crippen LogP contribution in [0.1, 0.15) is 24.3 Å². The number of aromatic nitrogens is 4. The van der Waals surface area contributed by atoms with E-state index >= 15 is 0 Å². The number of hydrogen-bond donors (Lipinski definition) is 1. The number of amides is 1. The largest absolute Gasteiger partial charge is 0.465 e. The number of halogens is 1. The molecule has 148 valence electrons. The lowest BCUT2D eigenvalue weighted by molar-refractivity contribution is 0.142. The predicted octanol–water partition coefficient (Wildman–Crippen LogP) is 3.42. The van der Waals surface area contributed by atoms with Crippen LogP contribution >= 0.6 is 11.6 Å². The number of carbonyl (C=O) groups is 1. The molecule has 1 aliphatic heterocycles. The van der Waals surface area contributed by atoms with Crippen molar-refractivity contribution < 1.29 is 9.90 Å². The Morgan fingerprint density at radius 3 is 2.62 bits per heavy atom. The van der Waals surface area contributed by atoms with E-state index in [-0.39, 0.29) is 0 Å². The molecule has 3 aromatic rings. The summed E-state index contributed by atoms with van der Waals surface area (Å²) >= 11 is 6.07. The van der Waals surface area contributed by atoms with E-state index in [1.165, 1.54) is 10.5 Å². The Kier molecular flexibility index (Phi) is 4.43. The molecular formula is C20H19ClN6O2. The van der Waals surface area contributed by atoms with Crippen LogP contribution in [0.25, 0.3) is 22.3 Å². The second-order valence-corrected chi connectivity index (χ2v) is 7.78. The molecule has 1 N–H and O–H groups in total. The molecule has 1 saturated heterocycles. The third-order valence-electron chi connectivity index (χ3n) is 5.47. The molecule has 4 heterocycles. The van der Waals surface area contributed by atoms with Crippen LogP contribution in [0.15, 0.2) is 30.7 Å². The first-order chi connectivity index (χ1) is 14.1. The first-order valence-electron chi connectivity index (χ1n) is 9.60. The molecule has 0 aromatic carbocycles. The molecule has 0 atom stereocenters. The zero-order chi connectivity index (χ0) is 20.0. The van der Waals surface area contributed by atoms with Crippen LogP contribution < -0.4 is 4.90 Å². The lowest BCUT2D eigenvalue weighted by atomic mass is 10.1. The van der Waals surface area contributed by atoms with Gasteiger partial charge in [0.15, 0.2) is 5.82 Å². The molecule has 0 unspecified atom stereocenters. The summed E-state index contributed by atoms with van der Waals surface area (Å²) in [7, 11) is 0. The third kappa shape index (κ3) is 3.44. The van der Waals surface area contributed by atoms with Crippen LogP contribution in [0, 0.1) is 0 Å². The van der Waals surface area contributed by atoms with Gasteiger partial charge in [-0.1, -0.05) is 11.6 Å². The minimum Gasteiger partial charge on any atom is -0.465 e. The standard InChI is InChI=1S/C20H19ClN6O2/c21-16-9-13(3-4-23-16)18-24-15-11-22-10-14(12-1-2-12)17(15)19(25-18)26-5-7-27(8-6-26)20(28)29/h3-4,9-12H,1-2,5-8H2,(H,28,29). The molecule has 2 fully saturated rings. The minimum atomic E-state index is -0.882. The van der Waals surface area contributed by atoms with E-state index in [0.717, 1.165) is 35.1 Å². The van der Waals surface area contributed by atoms with Crippen LogP contribution in [0.3, 0.4) is 0 Å². The van der Waals surface area contributed by atoms with Gasteiger partial charge in [0.05, 0.1) is 11.7 Å². The average molecular weight is 411 g/mol. The summed E-state index contributed by atoms with van der Waals surface area (Å²) in [6.45, 7) is 2.06. The summed E-state index contributed by atoms with van der Waals surface area (Å²) in [5.74, 6) is 1.90. The Morgan fingerprint density at radius 2 is 1.93 bits per heavy atom. The van der Waals surface area contributed by atoms with Gasteiger partial charge in [-0.25, -0.2) is 19.7 Å². The normalized spacial score (nSPS) is 17.0. The monoisotopic (exact) mass is 410 g/mol. The van der Waals surface area contributed by atoms with Gasteiger partial charge in [-0.3, -0.25) is 4.98 Å². The molecule has 2 aliphatic rings. The molecule has 9 heteroatoms. The van der Waals surface area contributed by atoms with E-state index in [0.29, 0.717) is 43.1 Å². The number of hydrogen-bond acceptors (Lipinski definition) is 6. The van der Waals surface area contributed by atoms with Crippen LogP contribution in [-0.2, 0) is 0 Å². The van der Waals surface area contributed by atoms with Gasteiger partial charge >= 0.3 is 6.09 Å². The molecule has 1 saturated carbocycles. The summed E-state index contributed by atoms with van der Waals surface area (Å²) in [5, 5.41) is 10.7. The van der Waals surface area contributed by atoms with Crippen molar-refractivity contribution in [3.8, 4) is 11.4 Å². The molecule has 1 amide bonds. The van der Waals surface area contributed by atoms with Crippen LogP contribution in [0.5, 0.6) is 0 Å². The maximum atomic E-state index is 11.3. The predicted molar refractivity (Wildman–Crippen MR) is 109 cm³/mol. The highest BCUT2D eigenvalue weighted by Gasteiger charge is 2.30. The lowest BCUT2D eigenvalue weighted by Gasteiger charge is -2.34. The van der Waals surface area contributed by atoms with Crippen molar-refractivity contribution in [2.75, 3.05) is 31.1 Å². The second kappa shape index (κ2) is 7.11. The highest BCUT2D eigenvalue weighted by molar-refractivity contribution is 6.29. The molecule has 5 rings (SSSR count). The van der Waals surface area contributed by atoms with Crippen molar-refractivity contribution in [2.45, 2.75) is 18.8 Å².